The van der Waals surface area contributed by atoms with Crippen LogP contribution in [0.4, 0.5) is 0 Å². The molecule has 0 aliphatic heterocycles. The Bertz CT molecular complexity index is 912. The number of hydrogen-bond acceptors (Lipinski definition) is 6. The first-order valence-corrected chi connectivity index (χ1v) is 10.5. The third-order valence-corrected chi connectivity index (χ3v) is 7.41. The molecule has 0 amide bonds. The van der Waals surface area contributed by atoms with E-state index in [-0.39, 0.29) is 10.8 Å². The molecule has 0 N–H and O–H groups in total. The number of esters is 1. The number of thiophene rings is 1. The van der Waals surface area contributed by atoms with Gasteiger partial charge in [-0.3, -0.25) is 4.68 Å². The van der Waals surface area contributed by atoms with Gasteiger partial charge in [-0.05, 0) is 41.3 Å². The molecule has 1 aliphatic rings. The normalized spacial score (nSPS) is 13.6. The predicted molar refractivity (Wildman–Crippen MR) is 90.7 cm³/mol. The standard InChI is InChI=1S/C14H15BrN2O4S2/c1-4-21-13(18)11-7-5-6-8-10(17(2)16-12(8)15)9(7)14(22-11)23(3,19)20/h4-6H2,1-3H3. The van der Waals surface area contributed by atoms with Gasteiger partial charge in [0, 0.05) is 24.4 Å². The third kappa shape index (κ3) is 2.64. The van der Waals surface area contributed by atoms with Crippen LogP contribution in [0.2, 0.25) is 0 Å². The van der Waals surface area contributed by atoms with Gasteiger partial charge in [0.25, 0.3) is 0 Å². The minimum absolute atomic E-state index is 0.201. The summed E-state index contributed by atoms with van der Waals surface area (Å²) in [6, 6.07) is 0. The molecule has 0 bridgehead atoms. The second-order valence-electron chi connectivity index (χ2n) is 5.31. The molecule has 0 radical (unpaired) electrons. The van der Waals surface area contributed by atoms with E-state index in [0.29, 0.717) is 27.9 Å². The molecule has 0 aromatic carbocycles. The maximum absolute atomic E-state index is 12.2. The number of nitrogens with zero attached hydrogens (tertiary/aromatic N) is 2. The van der Waals surface area contributed by atoms with Crippen LogP contribution in [0.3, 0.4) is 0 Å². The van der Waals surface area contributed by atoms with Crippen LogP contribution in [-0.4, -0.2) is 37.0 Å². The number of sulfone groups is 1. The molecule has 0 spiro atoms. The van der Waals surface area contributed by atoms with Crippen molar-refractivity contribution in [3.8, 4) is 11.3 Å². The van der Waals surface area contributed by atoms with Crippen molar-refractivity contribution < 1.29 is 17.9 Å². The zero-order chi connectivity index (χ0) is 16.9. The summed E-state index contributed by atoms with van der Waals surface area (Å²) >= 11 is 4.41. The van der Waals surface area contributed by atoms with Crippen LogP contribution >= 0.6 is 27.3 Å². The van der Waals surface area contributed by atoms with Crippen LogP contribution in [0.25, 0.3) is 11.3 Å². The number of ether oxygens (including phenoxy) is 1. The molecule has 6 nitrogen and oxygen atoms in total. The molecule has 0 unspecified atom stereocenters. The summed E-state index contributed by atoms with van der Waals surface area (Å²) in [5.74, 6) is -0.465. The summed E-state index contributed by atoms with van der Waals surface area (Å²) in [5.41, 5.74) is 3.07. The first-order valence-electron chi connectivity index (χ1n) is 7.00. The number of hydrogen-bond donors (Lipinski definition) is 0. The van der Waals surface area contributed by atoms with Gasteiger partial charge in [-0.2, -0.15) is 5.10 Å². The number of aryl methyl sites for hydroxylation is 1. The summed E-state index contributed by atoms with van der Waals surface area (Å²) in [6.07, 6.45) is 2.45. The van der Waals surface area contributed by atoms with E-state index in [1.54, 1.807) is 18.7 Å². The van der Waals surface area contributed by atoms with Crippen LogP contribution < -0.4 is 0 Å². The molecule has 3 rings (SSSR count). The molecule has 2 heterocycles. The van der Waals surface area contributed by atoms with E-state index >= 15 is 0 Å². The highest BCUT2D eigenvalue weighted by Crippen LogP contribution is 2.46. The van der Waals surface area contributed by atoms with Crippen LogP contribution in [-0.2, 0) is 34.5 Å². The number of aromatic nitrogens is 2. The predicted octanol–water partition coefficient (Wildman–Crippen LogP) is 2.59. The Hall–Kier alpha value is -1.19. The van der Waals surface area contributed by atoms with Gasteiger partial charge in [0.1, 0.15) is 13.7 Å². The molecular formula is C14H15BrN2O4S2. The fourth-order valence-corrected chi connectivity index (χ4v) is 5.91. The lowest BCUT2D eigenvalue weighted by molar-refractivity contribution is 0.0531. The number of carbonyl (C=O) groups excluding carboxylic acids is 1. The summed E-state index contributed by atoms with van der Waals surface area (Å²) in [7, 11) is -1.70. The number of fused-ring (bicyclic) bond motifs is 3. The van der Waals surface area contributed by atoms with Crippen molar-refractivity contribution in [2.24, 2.45) is 7.05 Å². The first-order chi connectivity index (χ1) is 10.8. The van der Waals surface area contributed by atoms with E-state index in [9.17, 15) is 13.2 Å². The molecule has 9 heteroatoms. The van der Waals surface area contributed by atoms with Crippen molar-refractivity contribution in [1.82, 2.24) is 9.78 Å². The Morgan fingerprint density at radius 2 is 2.04 bits per heavy atom. The summed E-state index contributed by atoms with van der Waals surface area (Å²) < 4.78 is 32.1. The van der Waals surface area contributed by atoms with Gasteiger partial charge < -0.3 is 4.74 Å². The molecule has 2 aromatic rings. The lowest BCUT2D eigenvalue weighted by atomic mass is 9.92. The van der Waals surface area contributed by atoms with Gasteiger partial charge in [-0.1, -0.05) is 0 Å². The average Bonchev–Trinajstić information content (AvgIpc) is 2.97. The molecule has 2 aromatic heterocycles. The van der Waals surface area contributed by atoms with E-state index in [0.717, 1.165) is 34.4 Å². The fourth-order valence-electron chi connectivity index (χ4n) is 2.86. The summed E-state index contributed by atoms with van der Waals surface area (Å²) in [6.45, 7) is 1.98. The Labute approximate surface area is 146 Å². The minimum atomic E-state index is -3.47. The van der Waals surface area contributed by atoms with Crippen molar-refractivity contribution in [3.63, 3.8) is 0 Å². The second-order valence-corrected chi connectivity index (χ2v) is 9.29. The van der Waals surface area contributed by atoms with Crippen LogP contribution in [0.15, 0.2) is 8.81 Å². The monoisotopic (exact) mass is 418 g/mol. The lowest BCUT2D eigenvalue weighted by Gasteiger charge is -2.16. The summed E-state index contributed by atoms with van der Waals surface area (Å²) in [5, 5.41) is 4.33. The first kappa shape index (κ1) is 16.7. The molecule has 0 fully saturated rings. The van der Waals surface area contributed by atoms with E-state index < -0.39 is 15.8 Å². The van der Waals surface area contributed by atoms with Crippen molar-refractivity contribution in [3.05, 3.63) is 20.6 Å². The zero-order valence-electron chi connectivity index (χ0n) is 12.8. The van der Waals surface area contributed by atoms with Crippen molar-refractivity contribution in [2.75, 3.05) is 12.9 Å². The molecule has 0 atom stereocenters. The van der Waals surface area contributed by atoms with E-state index in [4.69, 9.17) is 4.74 Å². The van der Waals surface area contributed by atoms with Crippen molar-refractivity contribution in [1.29, 1.82) is 0 Å². The van der Waals surface area contributed by atoms with E-state index in [1.807, 2.05) is 0 Å². The Balaban J connectivity index is 2.34. The van der Waals surface area contributed by atoms with E-state index in [1.165, 1.54) is 0 Å². The van der Waals surface area contributed by atoms with Crippen LogP contribution in [0.1, 0.15) is 27.7 Å². The smallest absolute Gasteiger partial charge is 0.348 e. The van der Waals surface area contributed by atoms with Gasteiger partial charge in [0.15, 0.2) is 9.84 Å². The van der Waals surface area contributed by atoms with Crippen LogP contribution in [0, 0.1) is 0 Å². The molecule has 124 valence electrons. The number of halogens is 1. The minimum Gasteiger partial charge on any atom is -0.462 e. The maximum Gasteiger partial charge on any atom is 0.348 e. The quantitative estimate of drug-likeness (QED) is 0.715. The summed E-state index contributed by atoms with van der Waals surface area (Å²) in [4.78, 5) is 12.6. The molecule has 0 saturated heterocycles. The van der Waals surface area contributed by atoms with E-state index in [2.05, 4.69) is 21.0 Å². The topological polar surface area (TPSA) is 78.3 Å². The number of rotatable bonds is 3. The van der Waals surface area contributed by atoms with Gasteiger partial charge in [0.05, 0.1) is 12.3 Å². The molecule has 23 heavy (non-hydrogen) atoms. The highest BCUT2D eigenvalue weighted by atomic mass is 79.9. The average molecular weight is 419 g/mol. The van der Waals surface area contributed by atoms with Gasteiger partial charge in [-0.25, -0.2) is 13.2 Å². The van der Waals surface area contributed by atoms with Crippen LogP contribution in [0.5, 0.6) is 0 Å². The largest absolute Gasteiger partial charge is 0.462 e. The third-order valence-electron chi connectivity index (χ3n) is 3.73. The maximum atomic E-state index is 12.2. The Morgan fingerprint density at radius 1 is 1.39 bits per heavy atom. The zero-order valence-corrected chi connectivity index (χ0v) is 16.1. The molecule has 1 aliphatic carbocycles. The second kappa shape index (κ2) is 5.71. The molecular weight excluding hydrogens is 404 g/mol. The SMILES string of the molecule is CCOC(=O)c1sc(S(C)(=O)=O)c2c1CCc1c(Br)nn(C)c1-2. The highest BCUT2D eigenvalue weighted by Gasteiger charge is 2.35. The Kier molecular flexibility index (Phi) is 4.14. The fraction of sp³-hybridized carbons (Fsp3) is 0.429. The van der Waals surface area contributed by atoms with Gasteiger partial charge >= 0.3 is 5.97 Å². The lowest BCUT2D eigenvalue weighted by Crippen LogP contribution is -2.11. The van der Waals surface area contributed by atoms with Gasteiger partial charge in [-0.15, -0.1) is 11.3 Å². The molecule has 0 saturated carbocycles. The number of carbonyl (C=O) groups is 1. The van der Waals surface area contributed by atoms with Crippen molar-refractivity contribution in [2.45, 2.75) is 24.0 Å². The van der Waals surface area contributed by atoms with Crippen molar-refractivity contribution >= 4 is 43.1 Å². The Morgan fingerprint density at radius 3 is 2.65 bits per heavy atom. The van der Waals surface area contributed by atoms with Gasteiger partial charge in [0.2, 0.25) is 0 Å². The highest BCUT2D eigenvalue weighted by molar-refractivity contribution is 9.10.